The standard InChI is InChI=1S/C24H23F2N3O5/c1-3-33-22(31)16-12-29(27-2)20-15(21(16)30)11-17(25)18(19(20)26)24(9-10-24)28-23(32)34-13-14-7-5-4-6-8-14/h4-8,11-12,27H,3,9-10,13H2,1-2H3,(H,28,32). The van der Waals surface area contributed by atoms with Gasteiger partial charge in [0.25, 0.3) is 0 Å². The average Bonchev–Trinajstić information content (AvgIpc) is 3.58. The van der Waals surface area contributed by atoms with Crippen molar-refractivity contribution in [3.63, 3.8) is 0 Å². The molecule has 0 aliphatic heterocycles. The molecule has 3 aromatic rings. The molecule has 10 heteroatoms. The number of carbonyl (C=O) groups is 2. The lowest BCUT2D eigenvalue weighted by Crippen LogP contribution is -2.37. The molecule has 1 aliphatic rings. The summed E-state index contributed by atoms with van der Waals surface area (Å²) in [5.74, 6) is -2.92. The minimum atomic E-state index is -1.30. The van der Waals surface area contributed by atoms with Gasteiger partial charge < -0.3 is 20.2 Å². The maximum atomic E-state index is 15.7. The van der Waals surface area contributed by atoms with E-state index < -0.39 is 34.7 Å². The Morgan fingerprint density at radius 1 is 1.15 bits per heavy atom. The number of nitrogens with zero attached hydrogens (tertiary/aromatic N) is 1. The van der Waals surface area contributed by atoms with E-state index >= 15 is 8.78 Å². The predicted molar refractivity (Wildman–Crippen MR) is 120 cm³/mol. The van der Waals surface area contributed by atoms with Crippen molar-refractivity contribution in [3.05, 3.63) is 81.1 Å². The highest BCUT2D eigenvalue weighted by molar-refractivity contribution is 5.94. The largest absolute Gasteiger partial charge is 0.462 e. The second-order valence-corrected chi connectivity index (χ2v) is 7.90. The third kappa shape index (κ3) is 4.18. The Bertz CT molecular complexity index is 1320. The minimum Gasteiger partial charge on any atom is -0.462 e. The number of hydrogen-bond donors (Lipinski definition) is 2. The number of carbonyl (C=O) groups excluding carboxylic acids is 2. The Balaban J connectivity index is 1.70. The minimum absolute atomic E-state index is 0.00136. The molecule has 1 aliphatic carbocycles. The molecule has 1 amide bonds. The van der Waals surface area contributed by atoms with E-state index in [1.807, 2.05) is 6.07 Å². The molecule has 0 bridgehead atoms. The molecular weight excluding hydrogens is 448 g/mol. The van der Waals surface area contributed by atoms with Crippen molar-refractivity contribution in [2.24, 2.45) is 0 Å². The molecule has 0 spiro atoms. The first-order valence-corrected chi connectivity index (χ1v) is 10.7. The van der Waals surface area contributed by atoms with Gasteiger partial charge in [-0.3, -0.25) is 9.47 Å². The number of fused-ring (bicyclic) bond motifs is 1. The van der Waals surface area contributed by atoms with Crippen LogP contribution in [0.2, 0.25) is 0 Å². The van der Waals surface area contributed by atoms with Gasteiger partial charge in [-0.25, -0.2) is 18.4 Å². The number of pyridine rings is 1. The van der Waals surface area contributed by atoms with E-state index in [2.05, 4.69) is 10.7 Å². The SMILES string of the molecule is CCOC(=O)c1cn(NC)c2c(F)c(C3(NC(=O)OCc4ccccc4)CC3)c(F)cc2c1=O. The number of nitrogens with one attached hydrogen (secondary N) is 2. The van der Waals surface area contributed by atoms with Crippen LogP contribution in [-0.2, 0) is 21.6 Å². The number of esters is 1. The summed E-state index contributed by atoms with van der Waals surface area (Å²) in [6, 6.07) is 9.87. The van der Waals surface area contributed by atoms with E-state index in [1.165, 1.54) is 7.05 Å². The lowest BCUT2D eigenvalue weighted by atomic mass is 9.99. The van der Waals surface area contributed by atoms with Crippen molar-refractivity contribution >= 4 is 23.0 Å². The van der Waals surface area contributed by atoms with Crippen molar-refractivity contribution in [3.8, 4) is 0 Å². The van der Waals surface area contributed by atoms with Crippen LogP contribution in [0.25, 0.3) is 10.9 Å². The van der Waals surface area contributed by atoms with Crippen LogP contribution < -0.4 is 16.2 Å². The molecule has 8 nitrogen and oxygen atoms in total. The summed E-state index contributed by atoms with van der Waals surface area (Å²) in [4.78, 5) is 37.4. The maximum Gasteiger partial charge on any atom is 0.408 e. The summed E-state index contributed by atoms with van der Waals surface area (Å²) in [6.07, 6.45) is 0.868. The molecule has 2 aromatic carbocycles. The maximum absolute atomic E-state index is 15.7. The average molecular weight is 471 g/mol. The van der Waals surface area contributed by atoms with E-state index in [0.717, 1.165) is 22.5 Å². The van der Waals surface area contributed by atoms with E-state index in [-0.39, 0.29) is 48.1 Å². The Morgan fingerprint density at radius 3 is 2.47 bits per heavy atom. The highest BCUT2D eigenvalue weighted by Gasteiger charge is 2.50. The molecule has 1 aromatic heterocycles. The lowest BCUT2D eigenvalue weighted by molar-refractivity contribution is 0.0524. The van der Waals surface area contributed by atoms with Crippen LogP contribution in [0.3, 0.4) is 0 Å². The highest BCUT2D eigenvalue weighted by atomic mass is 19.1. The number of benzene rings is 2. The summed E-state index contributed by atoms with van der Waals surface area (Å²) < 4.78 is 42.1. The molecule has 2 N–H and O–H groups in total. The third-order valence-corrected chi connectivity index (χ3v) is 5.70. The zero-order valence-electron chi connectivity index (χ0n) is 18.6. The first-order chi connectivity index (χ1) is 16.3. The number of aromatic nitrogens is 1. The Hall–Kier alpha value is -3.95. The zero-order chi connectivity index (χ0) is 24.5. The van der Waals surface area contributed by atoms with E-state index in [0.29, 0.717) is 0 Å². The van der Waals surface area contributed by atoms with Gasteiger partial charge in [-0.15, -0.1) is 0 Å². The smallest absolute Gasteiger partial charge is 0.408 e. The molecule has 0 unspecified atom stereocenters. The molecule has 0 saturated heterocycles. The van der Waals surface area contributed by atoms with Gasteiger partial charge >= 0.3 is 12.1 Å². The molecular formula is C24H23F2N3O5. The van der Waals surface area contributed by atoms with Crippen LogP contribution in [0, 0.1) is 11.6 Å². The zero-order valence-corrected chi connectivity index (χ0v) is 18.6. The first kappa shape index (κ1) is 23.2. The van der Waals surface area contributed by atoms with Crippen molar-refractivity contribution in [1.29, 1.82) is 0 Å². The molecule has 1 heterocycles. The monoisotopic (exact) mass is 471 g/mol. The van der Waals surface area contributed by atoms with Gasteiger partial charge in [0.1, 0.15) is 23.5 Å². The molecule has 34 heavy (non-hydrogen) atoms. The molecule has 178 valence electrons. The Morgan fingerprint density at radius 2 is 1.85 bits per heavy atom. The Labute approximate surface area is 193 Å². The van der Waals surface area contributed by atoms with Crippen LogP contribution in [0.15, 0.2) is 47.4 Å². The molecule has 0 radical (unpaired) electrons. The fourth-order valence-electron chi connectivity index (χ4n) is 3.90. The van der Waals surface area contributed by atoms with Gasteiger partial charge in [0.2, 0.25) is 5.43 Å². The molecule has 1 fully saturated rings. The number of hydrogen-bond acceptors (Lipinski definition) is 6. The predicted octanol–water partition coefficient (Wildman–Crippen LogP) is 3.55. The third-order valence-electron chi connectivity index (χ3n) is 5.70. The van der Waals surface area contributed by atoms with Gasteiger partial charge in [0, 0.05) is 13.2 Å². The number of halogens is 2. The number of rotatable bonds is 7. The number of amides is 1. The summed E-state index contributed by atoms with van der Waals surface area (Å²) in [5, 5.41) is 2.24. The van der Waals surface area contributed by atoms with Crippen molar-refractivity contribution < 1.29 is 27.8 Å². The second kappa shape index (κ2) is 9.12. The molecule has 4 rings (SSSR count). The van der Waals surface area contributed by atoms with E-state index in [9.17, 15) is 14.4 Å². The van der Waals surface area contributed by atoms with Crippen molar-refractivity contribution in [1.82, 2.24) is 9.99 Å². The molecule has 1 saturated carbocycles. The second-order valence-electron chi connectivity index (χ2n) is 7.90. The van der Waals surface area contributed by atoms with Crippen molar-refractivity contribution in [2.45, 2.75) is 31.9 Å². The summed E-state index contributed by atoms with van der Waals surface area (Å²) >= 11 is 0. The highest BCUT2D eigenvalue weighted by Crippen LogP contribution is 2.48. The van der Waals surface area contributed by atoms with E-state index in [4.69, 9.17) is 9.47 Å². The van der Waals surface area contributed by atoms with Crippen LogP contribution >= 0.6 is 0 Å². The fraction of sp³-hybridized carbons (Fsp3) is 0.292. The van der Waals surface area contributed by atoms with Crippen molar-refractivity contribution in [2.75, 3.05) is 19.1 Å². The summed E-state index contributed by atoms with van der Waals surface area (Å²) in [6.45, 7) is 1.61. The van der Waals surface area contributed by atoms with Gasteiger partial charge in [0.05, 0.1) is 23.1 Å². The van der Waals surface area contributed by atoms with Crippen LogP contribution in [0.1, 0.15) is 41.3 Å². The van der Waals surface area contributed by atoms with Gasteiger partial charge in [-0.05, 0) is 31.4 Å². The van der Waals surface area contributed by atoms with Crippen LogP contribution in [-0.4, -0.2) is 30.4 Å². The van der Waals surface area contributed by atoms with E-state index in [1.54, 1.807) is 31.2 Å². The van der Waals surface area contributed by atoms with Crippen LogP contribution in [0.5, 0.6) is 0 Å². The Kier molecular flexibility index (Phi) is 6.23. The lowest BCUT2D eigenvalue weighted by Gasteiger charge is -2.21. The summed E-state index contributed by atoms with van der Waals surface area (Å²) in [5.41, 5.74) is 0.295. The topological polar surface area (TPSA) is 98.7 Å². The normalized spacial score (nSPS) is 13.9. The van der Waals surface area contributed by atoms with Crippen LogP contribution in [0.4, 0.5) is 13.6 Å². The quantitative estimate of drug-likeness (QED) is 0.512. The first-order valence-electron chi connectivity index (χ1n) is 10.7. The molecule has 0 atom stereocenters. The van der Waals surface area contributed by atoms with Gasteiger partial charge in [-0.1, -0.05) is 30.3 Å². The van der Waals surface area contributed by atoms with Gasteiger partial charge in [0.15, 0.2) is 5.82 Å². The number of alkyl carbamates (subject to hydrolysis) is 1. The fourth-order valence-corrected chi connectivity index (χ4v) is 3.90. The number of ether oxygens (including phenoxy) is 2. The summed E-state index contributed by atoms with van der Waals surface area (Å²) in [7, 11) is 1.45. The van der Waals surface area contributed by atoms with Gasteiger partial charge in [-0.2, -0.15) is 0 Å².